The fraction of sp³-hybridized carbons (Fsp3) is 0.304. The number of piperazine rings is 1. The molecule has 1 aliphatic rings. The summed E-state index contributed by atoms with van der Waals surface area (Å²) < 4.78 is 47.5. The van der Waals surface area contributed by atoms with E-state index in [9.17, 15) is 13.2 Å². The summed E-state index contributed by atoms with van der Waals surface area (Å²) in [6.45, 7) is 3.33. The van der Waals surface area contributed by atoms with Crippen molar-refractivity contribution in [3.8, 4) is 11.5 Å². The van der Waals surface area contributed by atoms with Gasteiger partial charge < -0.3 is 14.8 Å². The zero-order valence-corrected chi connectivity index (χ0v) is 19.0. The van der Waals surface area contributed by atoms with E-state index >= 15 is 0 Å². The fourth-order valence-electron chi connectivity index (χ4n) is 4.09. The minimum Gasteiger partial charge on any atom is -0.496 e. The molecule has 1 heterocycles. The zero-order chi connectivity index (χ0) is 21.1. The third kappa shape index (κ3) is 5.78. The van der Waals surface area contributed by atoms with Crippen molar-refractivity contribution in [2.75, 3.05) is 33.3 Å². The molecule has 0 aromatic heterocycles. The second kappa shape index (κ2) is 11.1. The van der Waals surface area contributed by atoms with Gasteiger partial charge >= 0.3 is 6.36 Å². The topological polar surface area (TPSA) is 33.7 Å². The van der Waals surface area contributed by atoms with Gasteiger partial charge in [0, 0.05) is 31.7 Å². The van der Waals surface area contributed by atoms with Crippen LogP contribution in [0.1, 0.15) is 17.2 Å². The van der Waals surface area contributed by atoms with Crippen LogP contribution in [0.5, 0.6) is 11.5 Å². The van der Waals surface area contributed by atoms with Gasteiger partial charge in [-0.25, -0.2) is 0 Å². The molecule has 1 fully saturated rings. The summed E-state index contributed by atoms with van der Waals surface area (Å²) in [5, 5.41) is 5.51. The van der Waals surface area contributed by atoms with Crippen LogP contribution in [0.3, 0.4) is 0 Å². The monoisotopic (exact) mass is 488 g/mol. The normalized spacial score (nSPS) is 15.4. The van der Waals surface area contributed by atoms with Gasteiger partial charge in [-0.2, -0.15) is 0 Å². The van der Waals surface area contributed by atoms with Crippen LogP contribution in [0.2, 0.25) is 0 Å². The van der Waals surface area contributed by atoms with E-state index in [1.54, 1.807) is 19.2 Å². The van der Waals surface area contributed by atoms with Crippen LogP contribution in [0, 0.1) is 0 Å². The molecule has 4 nitrogen and oxygen atoms in total. The van der Waals surface area contributed by atoms with Gasteiger partial charge in [-0.3, -0.25) is 4.90 Å². The number of hydrogen-bond donors (Lipinski definition) is 1. The maximum Gasteiger partial charge on any atom is 0.573 e. The largest absolute Gasteiger partial charge is 0.573 e. The van der Waals surface area contributed by atoms with Gasteiger partial charge in [-0.15, -0.1) is 38.0 Å². The quantitative estimate of drug-likeness (QED) is 0.507. The Morgan fingerprint density at radius 3 is 2.19 bits per heavy atom. The van der Waals surface area contributed by atoms with Gasteiger partial charge in [0.2, 0.25) is 0 Å². The van der Waals surface area contributed by atoms with Crippen LogP contribution >= 0.6 is 24.8 Å². The van der Waals surface area contributed by atoms with Crippen LogP contribution in [0.4, 0.5) is 13.2 Å². The Morgan fingerprint density at radius 1 is 0.906 bits per heavy atom. The summed E-state index contributed by atoms with van der Waals surface area (Å²) in [7, 11) is 1.64. The molecule has 0 bridgehead atoms. The average molecular weight is 489 g/mol. The number of benzene rings is 3. The summed E-state index contributed by atoms with van der Waals surface area (Å²) >= 11 is 0. The summed E-state index contributed by atoms with van der Waals surface area (Å²) in [5.41, 5.74) is 1.91. The highest BCUT2D eigenvalue weighted by Crippen LogP contribution is 2.40. The summed E-state index contributed by atoms with van der Waals surface area (Å²) in [4.78, 5) is 2.33. The maximum absolute atomic E-state index is 12.6. The molecule has 3 aromatic carbocycles. The second-order valence-electron chi connectivity index (χ2n) is 7.21. The number of nitrogens with one attached hydrogen (secondary N) is 1. The van der Waals surface area contributed by atoms with Crippen LogP contribution < -0.4 is 14.8 Å². The van der Waals surface area contributed by atoms with Gasteiger partial charge in [0.25, 0.3) is 0 Å². The van der Waals surface area contributed by atoms with Gasteiger partial charge in [-0.05, 0) is 34.5 Å². The lowest BCUT2D eigenvalue weighted by Crippen LogP contribution is -2.45. The van der Waals surface area contributed by atoms with Crippen molar-refractivity contribution >= 4 is 35.6 Å². The van der Waals surface area contributed by atoms with E-state index in [2.05, 4.69) is 21.0 Å². The van der Waals surface area contributed by atoms with Gasteiger partial charge in [-0.1, -0.05) is 42.5 Å². The lowest BCUT2D eigenvalue weighted by Gasteiger charge is -2.36. The Bertz CT molecular complexity index is 1010. The van der Waals surface area contributed by atoms with E-state index in [-0.39, 0.29) is 36.6 Å². The highest BCUT2D eigenvalue weighted by Gasteiger charge is 2.32. The van der Waals surface area contributed by atoms with Crippen molar-refractivity contribution in [1.29, 1.82) is 0 Å². The molecule has 1 N–H and O–H groups in total. The van der Waals surface area contributed by atoms with Gasteiger partial charge in [0.1, 0.15) is 11.5 Å². The van der Waals surface area contributed by atoms with E-state index in [4.69, 9.17) is 4.74 Å². The Morgan fingerprint density at radius 2 is 1.56 bits per heavy atom. The number of fused-ring (bicyclic) bond motifs is 1. The van der Waals surface area contributed by atoms with Crippen molar-refractivity contribution < 1.29 is 22.6 Å². The van der Waals surface area contributed by atoms with Crippen molar-refractivity contribution in [2.24, 2.45) is 0 Å². The first-order chi connectivity index (χ1) is 14.5. The van der Waals surface area contributed by atoms with Crippen molar-refractivity contribution in [1.82, 2.24) is 10.2 Å². The summed E-state index contributed by atoms with van der Waals surface area (Å²) in [6, 6.07) is 18.0. The predicted molar refractivity (Wildman–Crippen MR) is 124 cm³/mol. The molecule has 0 amide bonds. The molecular weight excluding hydrogens is 464 g/mol. The molecule has 1 atom stereocenters. The summed E-state index contributed by atoms with van der Waals surface area (Å²) in [6.07, 6.45) is -4.71. The molecule has 0 aliphatic carbocycles. The Hall–Kier alpha value is -2.19. The molecule has 1 aliphatic heterocycles. The number of hydrogen-bond acceptors (Lipinski definition) is 4. The number of ether oxygens (including phenoxy) is 2. The first kappa shape index (κ1) is 26.1. The molecule has 0 radical (unpaired) electrons. The minimum atomic E-state index is -4.71. The van der Waals surface area contributed by atoms with E-state index in [1.165, 1.54) is 12.1 Å². The molecule has 32 heavy (non-hydrogen) atoms. The molecule has 3 aromatic rings. The number of rotatable bonds is 5. The third-order valence-electron chi connectivity index (χ3n) is 5.37. The number of halogens is 5. The lowest BCUT2D eigenvalue weighted by molar-refractivity contribution is -0.274. The zero-order valence-electron chi connectivity index (χ0n) is 17.4. The van der Waals surface area contributed by atoms with Crippen LogP contribution in [0.15, 0.2) is 60.7 Å². The smallest absolute Gasteiger partial charge is 0.496 e. The van der Waals surface area contributed by atoms with E-state index < -0.39 is 6.36 Å². The van der Waals surface area contributed by atoms with Gasteiger partial charge in [0.05, 0.1) is 13.2 Å². The SMILES string of the molecule is COc1ccc2ccccc2c1[C@H](c1ccc(OC(F)(F)F)cc1)N1CCNCC1.Cl.Cl. The maximum atomic E-state index is 12.6. The number of nitrogens with zero attached hydrogens (tertiary/aromatic N) is 1. The number of alkyl halides is 3. The first-order valence-electron chi connectivity index (χ1n) is 9.82. The Labute approximate surface area is 197 Å². The van der Waals surface area contributed by atoms with Crippen LogP contribution in [-0.2, 0) is 0 Å². The Balaban J connectivity index is 0.00000181. The molecule has 0 unspecified atom stereocenters. The molecule has 1 saturated heterocycles. The predicted octanol–water partition coefficient (Wildman–Crippen LogP) is 5.59. The summed E-state index contributed by atoms with van der Waals surface area (Å²) in [5.74, 6) is 0.531. The van der Waals surface area contributed by atoms with E-state index in [0.717, 1.165) is 53.8 Å². The lowest BCUT2D eigenvalue weighted by atomic mass is 9.91. The fourth-order valence-corrected chi connectivity index (χ4v) is 4.09. The molecule has 0 spiro atoms. The molecule has 4 rings (SSSR count). The molecule has 9 heteroatoms. The van der Waals surface area contributed by atoms with Crippen molar-refractivity contribution in [3.05, 3.63) is 71.8 Å². The highest BCUT2D eigenvalue weighted by molar-refractivity contribution is 5.88. The standard InChI is InChI=1S/C23H23F3N2O2.2ClH/c1-29-20-11-8-16-4-2-3-5-19(16)21(20)22(28-14-12-27-13-15-28)17-6-9-18(10-7-17)30-23(24,25)26;;/h2-11,22,27H,12-15H2,1H3;2*1H/t22-;;/m0../s1. The van der Waals surface area contributed by atoms with Crippen molar-refractivity contribution in [2.45, 2.75) is 12.4 Å². The van der Waals surface area contributed by atoms with Gasteiger partial charge in [0.15, 0.2) is 0 Å². The highest BCUT2D eigenvalue weighted by atomic mass is 35.5. The minimum absolute atomic E-state index is 0. The van der Waals surface area contributed by atoms with Crippen LogP contribution in [-0.4, -0.2) is 44.6 Å². The van der Waals surface area contributed by atoms with Crippen LogP contribution in [0.25, 0.3) is 10.8 Å². The average Bonchev–Trinajstić information content (AvgIpc) is 2.75. The molecular formula is C23H25Cl2F3N2O2. The molecule has 0 saturated carbocycles. The van der Waals surface area contributed by atoms with E-state index in [1.807, 2.05) is 30.3 Å². The Kier molecular flexibility index (Phi) is 9.04. The van der Waals surface area contributed by atoms with Crippen molar-refractivity contribution in [3.63, 3.8) is 0 Å². The first-order valence-corrected chi connectivity index (χ1v) is 9.82. The molecule has 174 valence electrons. The number of methoxy groups -OCH3 is 1. The van der Waals surface area contributed by atoms with E-state index in [0.29, 0.717) is 0 Å². The third-order valence-corrected chi connectivity index (χ3v) is 5.37. The second-order valence-corrected chi connectivity index (χ2v) is 7.21.